The summed E-state index contributed by atoms with van der Waals surface area (Å²) in [6, 6.07) is 5.30. The Labute approximate surface area is 93.7 Å². The molecule has 0 N–H and O–H groups in total. The number of halogens is 2. The van der Waals surface area contributed by atoms with E-state index < -0.39 is 0 Å². The molecule has 0 bridgehead atoms. The van der Waals surface area contributed by atoms with Crippen LogP contribution in [0.1, 0.15) is 38.2 Å². The molecule has 0 spiro atoms. The van der Waals surface area contributed by atoms with E-state index in [9.17, 15) is 4.39 Å². The molecule has 14 heavy (non-hydrogen) atoms. The molecule has 1 aromatic rings. The van der Waals surface area contributed by atoms with Crippen molar-refractivity contribution in [1.82, 2.24) is 0 Å². The maximum atomic E-state index is 13.3. The van der Waals surface area contributed by atoms with Gasteiger partial charge in [-0.15, -0.1) is 0 Å². The van der Waals surface area contributed by atoms with E-state index >= 15 is 0 Å². The molecule has 0 saturated carbocycles. The van der Waals surface area contributed by atoms with E-state index in [0.717, 1.165) is 22.9 Å². The Balaban J connectivity index is 2.42. The van der Waals surface area contributed by atoms with Gasteiger partial charge in [0, 0.05) is 4.47 Å². The van der Waals surface area contributed by atoms with E-state index in [4.69, 9.17) is 0 Å². The van der Waals surface area contributed by atoms with E-state index in [0.29, 0.717) is 0 Å². The van der Waals surface area contributed by atoms with Crippen LogP contribution in [0.25, 0.3) is 0 Å². The topological polar surface area (TPSA) is 0 Å². The molecule has 0 aliphatic heterocycles. The van der Waals surface area contributed by atoms with Crippen LogP contribution in [0.15, 0.2) is 22.7 Å². The molecule has 0 nitrogen and oxygen atoms in total. The minimum absolute atomic E-state index is 0.0872. The van der Waals surface area contributed by atoms with E-state index in [1.54, 1.807) is 0 Å². The van der Waals surface area contributed by atoms with Crippen LogP contribution in [0.2, 0.25) is 0 Å². The summed E-state index contributed by atoms with van der Waals surface area (Å²) in [5.74, 6) is -0.0872. The third-order valence-corrected chi connectivity index (χ3v) is 2.81. The lowest BCUT2D eigenvalue weighted by molar-refractivity contribution is 0.593. The van der Waals surface area contributed by atoms with Gasteiger partial charge in [0.2, 0.25) is 0 Å². The summed E-state index contributed by atoms with van der Waals surface area (Å²) in [6.07, 6.45) is 5.62. The highest BCUT2D eigenvalue weighted by atomic mass is 79.9. The molecule has 78 valence electrons. The number of hydrogen-bond donors (Lipinski definition) is 0. The van der Waals surface area contributed by atoms with Crippen molar-refractivity contribution in [2.45, 2.75) is 39.0 Å². The Kier molecular flexibility index (Phi) is 5.16. The first-order valence-electron chi connectivity index (χ1n) is 5.18. The van der Waals surface area contributed by atoms with Gasteiger partial charge in [-0.3, -0.25) is 0 Å². The van der Waals surface area contributed by atoms with Crippen LogP contribution >= 0.6 is 15.9 Å². The van der Waals surface area contributed by atoms with Crippen LogP contribution in [-0.4, -0.2) is 0 Å². The summed E-state index contributed by atoms with van der Waals surface area (Å²) in [4.78, 5) is 0. The maximum absolute atomic E-state index is 13.3. The van der Waals surface area contributed by atoms with Crippen LogP contribution in [0.4, 0.5) is 4.39 Å². The summed E-state index contributed by atoms with van der Waals surface area (Å²) in [6.45, 7) is 2.18. The fourth-order valence-electron chi connectivity index (χ4n) is 1.47. The van der Waals surface area contributed by atoms with Crippen molar-refractivity contribution in [1.29, 1.82) is 0 Å². The molecule has 0 radical (unpaired) electrons. The molecule has 2 heteroatoms. The second-order valence-corrected chi connectivity index (χ2v) is 4.46. The summed E-state index contributed by atoms with van der Waals surface area (Å²) >= 11 is 3.25. The predicted molar refractivity (Wildman–Crippen MR) is 61.9 cm³/mol. The fourth-order valence-corrected chi connectivity index (χ4v) is 1.80. The molecule has 0 atom stereocenters. The van der Waals surface area contributed by atoms with Crippen molar-refractivity contribution in [2.75, 3.05) is 0 Å². The maximum Gasteiger partial charge on any atom is 0.127 e. The molecule has 0 unspecified atom stereocenters. The number of unbranched alkanes of at least 4 members (excludes halogenated alkanes) is 3. The Morgan fingerprint density at radius 3 is 2.64 bits per heavy atom. The second-order valence-electron chi connectivity index (χ2n) is 3.55. The lowest BCUT2D eigenvalue weighted by atomic mass is 10.1. The first-order valence-corrected chi connectivity index (χ1v) is 5.97. The van der Waals surface area contributed by atoms with Gasteiger partial charge in [0.15, 0.2) is 0 Å². The molecular formula is C12H16BrF. The van der Waals surface area contributed by atoms with Gasteiger partial charge >= 0.3 is 0 Å². The standard InChI is InChI=1S/C12H16BrF/c1-2-3-4-5-6-10-7-8-11(13)9-12(10)14/h7-9H,2-6H2,1H3. The van der Waals surface area contributed by atoms with Crippen molar-refractivity contribution in [3.05, 3.63) is 34.1 Å². The predicted octanol–water partition coefficient (Wildman–Crippen LogP) is 4.71. The summed E-state index contributed by atoms with van der Waals surface area (Å²) in [7, 11) is 0. The number of rotatable bonds is 5. The molecule has 0 aliphatic rings. The SMILES string of the molecule is CCCCCCc1ccc(Br)cc1F. The molecule has 0 fully saturated rings. The summed E-state index contributed by atoms with van der Waals surface area (Å²) < 4.78 is 14.1. The average molecular weight is 259 g/mol. The lowest BCUT2D eigenvalue weighted by Gasteiger charge is -2.03. The van der Waals surface area contributed by atoms with Crippen LogP contribution in [-0.2, 0) is 6.42 Å². The number of benzene rings is 1. The van der Waals surface area contributed by atoms with Gasteiger partial charge in [-0.05, 0) is 30.5 Å². The molecule has 0 amide bonds. The van der Waals surface area contributed by atoms with Gasteiger partial charge < -0.3 is 0 Å². The van der Waals surface area contributed by atoms with Crippen molar-refractivity contribution >= 4 is 15.9 Å². The highest BCUT2D eigenvalue weighted by Gasteiger charge is 2.01. The van der Waals surface area contributed by atoms with E-state index in [2.05, 4.69) is 22.9 Å². The van der Waals surface area contributed by atoms with E-state index in [1.165, 1.54) is 25.3 Å². The lowest BCUT2D eigenvalue weighted by Crippen LogP contribution is -1.90. The highest BCUT2D eigenvalue weighted by Crippen LogP contribution is 2.17. The average Bonchev–Trinajstić information content (AvgIpc) is 2.15. The van der Waals surface area contributed by atoms with E-state index in [-0.39, 0.29) is 5.82 Å². The monoisotopic (exact) mass is 258 g/mol. The quantitative estimate of drug-likeness (QED) is 0.671. The molecule has 1 aromatic carbocycles. The molecular weight excluding hydrogens is 243 g/mol. The Morgan fingerprint density at radius 2 is 2.00 bits per heavy atom. The van der Waals surface area contributed by atoms with Crippen molar-refractivity contribution in [3.8, 4) is 0 Å². The van der Waals surface area contributed by atoms with Crippen molar-refractivity contribution < 1.29 is 4.39 Å². The van der Waals surface area contributed by atoms with Crippen molar-refractivity contribution in [3.63, 3.8) is 0 Å². The first kappa shape index (κ1) is 11.7. The number of aryl methyl sites for hydroxylation is 1. The van der Waals surface area contributed by atoms with Gasteiger partial charge in [-0.2, -0.15) is 0 Å². The van der Waals surface area contributed by atoms with Gasteiger partial charge in [0.1, 0.15) is 5.82 Å². The first-order chi connectivity index (χ1) is 6.74. The summed E-state index contributed by atoms with van der Waals surface area (Å²) in [5.41, 5.74) is 0.837. The smallest absolute Gasteiger partial charge is 0.127 e. The highest BCUT2D eigenvalue weighted by molar-refractivity contribution is 9.10. The normalized spacial score (nSPS) is 10.5. The Morgan fingerprint density at radius 1 is 1.21 bits per heavy atom. The minimum Gasteiger partial charge on any atom is -0.207 e. The molecule has 0 heterocycles. The van der Waals surface area contributed by atoms with Crippen LogP contribution in [0.3, 0.4) is 0 Å². The Hall–Kier alpha value is -0.370. The minimum atomic E-state index is -0.0872. The van der Waals surface area contributed by atoms with Gasteiger partial charge in [0.25, 0.3) is 0 Å². The van der Waals surface area contributed by atoms with Crippen LogP contribution in [0.5, 0.6) is 0 Å². The summed E-state index contributed by atoms with van der Waals surface area (Å²) in [5, 5.41) is 0. The Bertz CT molecular complexity index is 284. The van der Waals surface area contributed by atoms with Crippen LogP contribution < -0.4 is 0 Å². The largest absolute Gasteiger partial charge is 0.207 e. The number of hydrogen-bond acceptors (Lipinski definition) is 0. The molecule has 0 saturated heterocycles. The fraction of sp³-hybridized carbons (Fsp3) is 0.500. The van der Waals surface area contributed by atoms with Gasteiger partial charge in [0.05, 0.1) is 0 Å². The van der Waals surface area contributed by atoms with Gasteiger partial charge in [-0.25, -0.2) is 4.39 Å². The zero-order valence-electron chi connectivity index (χ0n) is 8.52. The van der Waals surface area contributed by atoms with Crippen LogP contribution in [0, 0.1) is 5.82 Å². The molecule has 1 rings (SSSR count). The third-order valence-electron chi connectivity index (χ3n) is 2.31. The zero-order chi connectivity index (χ0) is 10.4. The van der Waals surface area contributed by atoms with Gasteiger partial charge in [-0.1, -0.05) is 48.2 Å². The van der Waals surface area contributed by atoms with E-state index in [1.807, 2.05) is 12.1 Å². The molecule has 0 aromatic heterocycles. The van der Waals surface area contributed by atoms with Crippen molar-refractivity contribution in [2.24, 2.45) is 0 Å². The zero-order valence-corrected chi connectivity index (χ0v) is 10.1. The second kappa shape index (κ2) is 6.18. The third kappa shape index (κ3) is 3.79. The molecule has 0 aliphatic carbocycles.